The molecule has 2 aromatic rings. The summed E-state index contributed by atoms with van der Waals surface area (Å²) in [5.41, 5.74) is 4.93. The van der Waals surface area contributed by atoms with Gasteiger partial charge >= 0.3 is 11.9 Å². The Morgan fingerprint density at radius 1 is 1.02 bits per heavy atom. The zero-order chi connectivity index (χ0) is 38.1. The van der Waals surface area contributed by atoms with Crippen LogP contribution in [0.3, 0.4) is 0 Å². The molecule has 0 aliphatic carbocycles. The third kappa shape index (κ3) is 12.6. The monoisotopic (exact) mass is 721 g/mol. The van der Waals surface area contributed by atoms with Crippen LogP contribution in [0.25, 0.3) is 6.08 Å². The van der Waals surface area contributed by atoms with Gasteiger partial charge in [-0.05, 0) is 92.6 Å². The maximum absolute atomic E-state index is 14.3. The van der Waals surface area contributed by atoms with E-state index in [0.717, 1.165) is 16.7 Å². The van der Waals surface area contributed by atoms with E-state index in [4.69, 9.17) is 13.9 Å². The lowest BCUT2D eigenvalue weighted by Gasteiger charge is -2.36. The molecule has 3 rings (SSSR count). The first kappa shape index (κ1) is 41.5. The van der Waals surface area contributed by atoms with E-state index in [1.807, 2.05) is 62.4 Å². The van der Waals surface area contributed by atoms with Crippen LogP contribution in [0.1, 0.15) is 91.3 Å². The second kappa shape index (κ2) is 17.5. The van der Waals surface area contributed by atoms with Crippen molar-refractivity contribution in [3.63, 3.8) is 0 Å². The highest BCUT2D eigenvalue weighted by Crippen LogP contribution is 2.37. The Hall–Kier alpha value is -3.96. The van der Waals surface area contributed by atoms with Gasteiger partial charge in [-0.15, -0.1) is 0 Å². The molecule has 1 saturated heterocycles. The normalized spacial score (nSPS) is 16.5. The molecule has 10 nitrogen and oxygen atoms in total. The zero-order valence-electron chi connectivity index (χ0n) is 32.3. The van der Waals surface area contributed by atoms with Gasteiger partial charge in [-0.3, -0.25) is 24.2 Å². The quantitative estimate of drug-likeness (QED) is 0.158. The van der Waals surface area contributed by atoms with Gasteiger partial charge in [0, 0.05) is 13.0 Å². The van der Waals surface area contributed by atoms with Gasteiger partial charge in [-0.1, -0.05) is 77.6 Å². The van der Waals surface area contributed by atoms with Crippen molar-refractivity contribution in [1.82, 2.24) is 15.8 Å². The smallest absolute Gasteiger partial charge is 0.325 e. The molecule has 0 radical (unpaired) electrons. The van der Waals surface area contributed by atoms with Crippen LogP contribution in [0.2, 0.25) is 18.1 Å². The standard InChI is InChI=1S/C40H59N3O7Si/c1-12-28-16-13-18-30(22-28)26-48-38(47)33-20-15-21-43(42-33)37(46)34(41-36(45)32(27(2)3)25-35(44)49-39(4,5)6)24-29-17-14-19-31(23-29)50-51(10,11)40(7,8)9/h12-14,16-19,22-23,27,32-34,42H,1,15,20-21,24-26H2,2-11H3,(H,41,45)/t32-,33-,34-/m0/s1. The Morgan fingerprint density at radius 3 is 2.31 bits per heavy atom. The van der Waals surface area contributed by atoms with E-state index >= 15 is 0 Å². The second-order valence-electron chi connectivity index (χ2n) is 16.3. The van der Waals surface area contributed by atoms with Crippen LogP contribution in [0.5, 0.6) is 5.75 Å². The lowest BCUT2D eigenvalue weighted by Crippen LogP contribution is -2.60. The summed E-state index contributed by atoms with van der Waals surface area (Å²) < 4.78 is 17.7. The number of rotatable bonds is 14. The number of ether oxygens (including phenoxy) is 2. The first-order valence-electron chi connectivity index (χ1n) is 17.9. The Morgan fingerprint density at radius 2 is 1.69 bits per heavy atom. The molecule has 1 aliphatic rings. The molecule has 0 unspecified atom stereocenters. The highest BCUT2D eigenvalue weighted by molar-refractivity contribution is 6.74. The van der Waals surface area contributed by atoms with E-state index < -0.39 is 55.7 Å². The van der Waals surface area contributed by atoms with Gasteiger partial charge < -0.3 is 19.2 Å². The van der Waals surface area contributed by atoms with Gasteiger partial charge in [0.05, 0.1) is 12.3 Å². The SMILES string of the molecule is C=Cc1cccc(COC(=O)[C@@H]2CCCN(C(=O)[C@H](Cc3cccc(O[Si](C)(C)C(C)(C)C)c3)NC(=O)[C@@H](CC(=O)OC(C)(C)C)C(C)C)N2)c1. The van der Waals surface area contributed by atoms with Crippen molar-refractivity contribution in [3.05, 3.63) is 71.8 Å². The first-order chi connectivity index (χ1) is 23.7. The molecule has 2 amide bonds. The second-order valence-corrected chi connectivity index (χ2v) is 21.0. The molecule has 0 spiro atoms. The van der Waals surface area contributed by atoms with Gasteiger partial charge in [0.15, 0.2) is 0 Å². The van der Waals surface area contributed by atoms with Gasteiger partial charge in [-0.2, -0.15) is 0 Å². The summed E-state index contributed by atoms with van der Waals surface area (Å²) in [4.78, 5) is 54.1. The van der Waals surface area contributed by atoms with E-state index in [-0.39, 0.29) is 30.4 Å². The minimum Gasteiger partial charge on any atom is -0.543 e. The Bertz CT molecular complexity index is 1540. The van der Waals surface area contributed by atoms with Crippen LogP contribution < -0.4 is 15.2 Å². The first-order valence-corrected chi connectivity index (χ1v) is 20.9. The molecule has 3 atom stereocenters. The summed E-state index contributed by atoms with van der Waals surface area (Å²) in [5, 5.41) is 4.37. The number of benzene rings is 2. The maximum atomic E-state index is 14.3. The van der Waals surface area contributed by atoms with Crippen LogP contribution in [0, 0.1) is 11.8 Å². The molecule has 0 aromatic heterocycles. The molecule has 0 bridgehead atoms. The fourth-order valence-corrected chi connectivity index (χ4v) is 6.48. The number of esters is 2. The topological polar surface area (TPSA) is 123 Å². The predicted molar refractivity (Wildman–Crippen MR) is 203 cm³/mol. The van der Waals surface area contributed by atoms with Crippen molar-refractivity contribution in [3.8, 4) is 5.75 Å². The fraction of sp³-hybridized carbons (Fsp3) is 0.550. The highest BCUT2D eigenvalue weighted by atomic mass is 28.4. The van der Waals surface area contributed by atoms with Crippen LogP contribution in [0.15, 0.2) is 55.1 Å². The molecule has 1 fully saturated rings. The van der Waals surface area contributed by atoms with E-state index in [2.05, 4.69) is 51.2 Å². The van der Waals surface area contributed by atoms with Crippen molar-refractivity contribution in [2.45, 2.75) is 123 Å². The molecular formula is C40H59N3O7Si. The molecule has 51 heavy (non-hydrogen) atoms. The van der Waals surface area contributed by atoms with Crippen molar-refractivity contribution < 1.29 is 33.1 Å². The van der Waals surface area contributed by atoms with E-state index in [1.54, 1.807) is 26.8 Å². The summed E-state index contributed by atoms with van der Waals surface area (Å²) in [6.45, 7) is 24.1. The number of carbonyl (C=O) groups excluding carboxylic acids is 4. The molecular weight excluding hydrogens is 663 g/mol. The summed E-state index contributed by atoms with van der Waals surface area (Å²) in [5.74, 6) is -1.98. The lowest BCUT2D eigenvalue weighted by atomic mass is 9.91. The van der Waals surface area contributed by atoms with Crippen molar-refractivity contribution in [2.75, 3.05) is 6.54 Å². The average molecular weight is 722 g/mol. The number of amides is 2. The van der Waals surface area contributed by atoms with Crippen molar-refractivity contribution >= 4 is 38.1 Å². The van der Waals surface area contributed by atoms with Crippen LogP contribution in [-0.4, -0.2) is 61.3 Å². The summed E-state index contributed by atoms with van der Waals surface area (Å²) in [6, 6.07) is 13.4. The number of hydrazine groups is 1. The highest BCUT2D eigenvalue weighted by Gasteiger charge is 2.39. The van der Waals surface area contributed by atoms with Crippen LogP contribution >= 0.6 is 0 Å². The van der Waals surface area contributed by atoms with Gasteiger partial charge in [-0.25, -0.2) is 5.43 Å². The van der Waals surface area contributed by atoms with Crippen molar-refractivity contribution in [1.29, 1.82) is 0 Å². The van der Waals surface area contributed by atoms with E-state index in [1.165, 1.54) is 5.01 Å². The predicted octanol–water partition coefficient (Wildman–Crippen LogP) is 6.98. The number of carbonyl (C=O) groups is 4. The molecule has 1 aliphatic heterocycles. The van der Waals surface area contributed by atoms with Gasteiger partial charge in [0.25, 0.3) is 5.91 Å². The number of hydrogen-bond acceptors (Lipinski definition) is 8. The Kier molecular flexibility index (Phi) is 14.2. The van der Waals surface area contributed by atoms with Gasteiger partial charge in [0.1, 0.15) is 30.0 Å². The lowest BCUT2D eigenvalue weighted by molar-refractivity contribution is -0.158. The largest absolute Gasteiger partial charge is 0.543 e. The number of nitrogens with one attached hydrogen (secondary N) is 2. The minimum atomic E-state index is -2.14. The Balaban J connectivity index is 1.84. The van der Waals surface area contributed by atoms with Crippen LogP contribution in [0.4, 0.5) is 0 Å². The molecule has 11 heteroatoms. The molecule has 1 heterocycles. The Labute approximate surface area is 305 Å². The average Bonchev–Trinajstić information content (AvgIpc) is 3.04. The van der Waals surface area contributed by atoms with Gasteiger partial charge in [0.2, 0.25) is 14.2 Å². The molecule has 280 valence electrons. The van der Waals surface area contributed by atoms with Crippen molar-refractivity contribution in [2.24, 2.45) is 11.8 Å². The fourth-order valence-electron chi connectivity index (χ4n) is 5.46. The zero-order valence-corrected chi connectivity index (χ0v) is 33.3. The van der Waals surface area contributed by atoms with E-state index in [9.17, 15) is 19.2 Å². The molecule has 2 aromatic carbocycles. The summed E-state index contributed by atoms with van der Waals surface area (Å²) in [7, 11) is -2.14. The molecule has 2 N–H and O–H groups in total. The number of nitrogens with zero attached hydrogens (tertiary/aromatic N) is 1. The van der Waals surface area contributed by atoms with Crippen LogP contribution in [-0.2, 0) is 41.7 Å². The molecule has 0 saturated carbocycles. The minimum absolute atomic E-state index is 0.0112. The third-order valence-corrected chi connectivity index (χ3v) is 13.7. The summed E-state index contributed by atoms with van der Waals surface area (Å²) in [6.07, 6.45) is 2.83. The van der Waals surface area contributed by atoms with E-state index in [0.29, 0.717) is 25.1 Å². The summed E-state index contributed by atoms with van der Waals surface area (Å²) >= 11 is 0. The third-order valence-electron chi connectivity index (χ3n) is 9.38. The number of hydrogen-bond donors (Lipinski definition) is 2. The maximum Gasteiger partial charge on any atom is 0.325 e.